The maximum absolute atomic E-state index is 9.14. The van der Waals surface area contributed by atoms with E-state index in [1.807, 2.05) is 24.3 Å². The first-order valence-electron chi connectivity index (χ1n) is 6.73. The normalized spacial score (nSPS) is 10.7. The Morgan fingerprint density at radius 2 is 1.74 bits per heavy atom. The molecule has 0 saturated carbocycles. The van der Waals surface area contributed by atoms with Gasteiger partial charge in [0.25, 0.3) is 0 Å². The monoisotopic (exact) mass is 258 g/mol. The van der Waals surface area contributed by atoms with Crippen molar-refractivity contribution in [2.45, 2.75) is 26.2 Å². The molecule has 0 bridgehead atoms. The zero-order valence-electron chi connectivity index (χ0n) is 11.2. The topological polar surface area (TPSA) is 49.7 Å². The van der Waals surface area contributed by atoms with Crippen molar-refractivity contribution in [3.8, 4) is 5.75 Å². The second-order valence-electron chi connectivity index (χ2n) is 4.70. The highest BCUT2D eigenvalue weighted by Gasteiger charge is 2.10. The van der Waals surface area contributed by atoms with Crippen molar-refractivity contribution in [3.05, 3.63) is 36.4 Å². The van der Waals surface area contributed by atoms with Crippen molar-refractivity contribution in [2.24, 2.45) is 0 Å². The van der Waals surface area contributed by atoms with Gasteiger partial charge in [0.05, 0.1) is 6.61 Å². The van der Waals surface area contributed by atoms with Gasteiger partial charge in [-0.3, -0.25) is 0 Å². The highest BCUT2D eigenvalue weighted by atomic mass is 16.5. The molecule has 0 aliphatic heterocycles. The molecule has 100 valence electrons. The van der Waals surface area contributed by atoms with Crippen molar-refractivity contribution in [1.82, 2.24) is 0 Å². The highest BCUT2D eigenvalue weighted by molar-refractivity contribution is 6.58. The molecule has 2 N–H and O–H groups in total. The molecule has 0 unspecified atom stereocenters. The van der Waals surface area contributed by atoms with E-state index in [0.717, 1.165) is 29.5 Å². The summed E-state index contributed by atoms with van der Waals surface area (Å²) < 4.78 is 5.70. The van der Waals surface area contributed by atoms with E-state index in [4.69, 9.17) is 14.8 Å². The van der Waals surface area contributed by atoms with Crippen molar-refractivity contribution in [3.63, 3.8) is 0 Å². The van der Waals surface area contributed by atoms with Crippen molar-refractivity contribution >= 4 is 23.4 Å². The van der Waals surface area contributed by atoms with Gasteiger partial charge >= 0.3 is 7.12 Å². The lowest BCUT2D eigenvalue weighted by Gasteiger charge is -2.08. The van der Waals surface area contributed by atoms with Crippen LogP contribution in [0.4, 0.5) is 0 Å². The standard InChI is InChI=1S/C15H19BO3/c1-2-3-4-9-19-15-8-6-12-10-14(16(17)18)7-5-13(12)11-15/h5-8,10-11,17-18H,2-4,9H2,1H3. The van der Waals surface area contributed by atoms with E-state index in [9.17, 15) is 0 Å². The largest absolute Gasteiger partial charge is 0.494 e. The number of unbranched alkanes of at least 4 members (excludes halogenated alkanes) is 2. The molecule has 2 rings (SSSR count). The SMILES string of the molecule is CCCCCOc1ccc2cc(B(O)O)ccc2c1. The molecule has 0 heterocycles. The van der Waals surface area contributed by atoms with Gasteiger partial charge in [-0.25, -0.2) is 0 Å². The summed E-state index contributed by atoms with van der Waals surface area (Å²) in [5.41, 5.74) is 0.504. The third-order valence-corrected chi connectivity index (χ3v) is 3.15. The number of hydrogen-bond acceptors (Lipinski definition) is 3. The van der Waals surface area contributed by atoms with Gasteiger partial charge in [-0.15, -0.1) is 0 Å². The van der Waals surface area contributed by atoms with Crippen molar-refractivity contribution < 1.29 is 14.8 Å². The Kier molecular flexibility index (Phi) is 4.83. The highest BCUT2D eigenvalue weighted by Crippen LogP contribution is 2.20. The zero-order valence-corrected chi connectivity index (χ0v) is 11.2. The van der Waals surface area contributed by atoms with Crippen LogP contribution in [0.15, 0.2) is 36.4 Å². The average Bonchev–Trinajstić information content (AvgIpc) is 2.43. The van der Waals surface area contributed by atoms with Crippen LogP contribution in [0.1, 0.15) is 26.2 Å². The number of benzene rings is 2. The molecule has 19 heavy (non-hydrogen) atoms. The minimum Gasteiger partial charge on any atom is -0.494 e. The van der Waals surface area contributed by atoms with Gasteiger partial charge in [-0.05, 0) is 34.8 Å². The molecule has 0 saturated heterocycles. The summed E-state index contributed by atoms with van der Waals surface area (Å²) in [4.78, 5) is 0. The Morgan fingerprint density at radius 3 is 2.47 bits per heavy atom. The predicted molar refractivity (Wildman–Crippen MR) is 78.8 cm³/mol. The lowest BCUT2D eigenvalue weighted by molar-refractivity contribution is 0.306. The van der Waals surface area contributed by atoms with Gasteiger partial charge in [-0.2, -0.15) is 0 Å². The van der Waals surface area contributed by atoms with E-state index >= 15 is 0 Å². The van der Waals surface area contributed by atoms with E-state index in [1.165, 1.54) is 12.8 Å². The quantitative estimate of drug-likeness (QED) is 0.616. The van der Waals surface area contributed by atoms with Crippen molar-refractivity contribution in [1.29, 1.82) is 0 Å². The first-order valence-corrected chi connectivity index (χ1v) is 6.73. The Hall–Kier alpha value is -1.52. The summed E-state index contributed by atoms with van der Waals surface area (Å²) >= 11 is 0. The summed E-state index contributed by atoms with van der Waals surface area (Å²) in [7, 11) is -1.42. The third-order valence-electron chi connectivity index (χ3n) is 3.15. The zero-order chi connectivity index (χ0) is 13.7. The summed E-state index contributed by atoms with van der Waals surface area (Å²) in [5.74, 6) is 0.862. The number of hydrogen-bond donors (Lipinski definition) is 2. The van der Waals surface area contributed by atoms with Gasteiger partial charge in [0.15, 0.2) is 0 Å². The van der Waals surface area contributed by atoms with Crippen LogP contribution in [0.2, 0.25) is 0 Å². The van der Waals surface area contributed by atoms with Crippen LogP contribution in [-0.2, 0) is 0 Å². The fourth-order valence-electron chi connectivity index (χ4n) is 2.03. The maximum Gasteiger partial charge on any atom is 0.488 e. The van der Waals surface area contributed by atoms with Crippen LogP contribution in [-0.4, -0.2) is 23.8 Å². The number of rotatable bonds is 6. The van der Waals surface area contributed by atoms with E-state index < -0.39 is 7.12 Å². The number of ether oxygens (including phenoxy) is 1. The van der Waals surface area contributed by atoms with Gasteiger partial charge in [0.2, 0.25) is 0 Å². The minimum absolute atomic E-state index is 0.504. The third kappa shape index (κ3) is 3.72. The predicted octanol–water partition coefficient (Wildman–Crippen LogP) is 2.09. The first-order chi connectivity index (χ1) is 9.20. The van der Waals surface area contributed by atoms with E-state index in [0.29, 0.717) is 5.46 Å². The lowest BCUT2D eigenvalue weighted by atomic mass is 9.79. The van der Waals surface area contributed by atoms with E-state index in [2.05, 4.69) is 6.92 Å². The Balaban J connectivity index is 2.10. The summed E-state index contributed by atoms with van der Waals surface area (Å²) in [5, 5.41) is 20.3. The molecule has 2 aromatic rings. The molecule has 0 aromatic heterocycles. The van der Waals surface area contributed by atoms with Crippen LogP contribution in [0, 0.1) is 0 Å². The van der Waals surface area contributed by atoms with Crippen LogP contribution >= 0.6 is 0 Å². The van der Waals surface area contributed by atoms with Crippen LogP contribution < -0.4 is 10.2 Å². The van der Waals surface area contributed by atoms with Crippen LogP contribution in [0.3, 0.4) is 0 Å². The molecule has 0 radical (unpaired) electrons. The van der Waals surface area contributed by atoms with Gasteiger partial charge in [0.1, 0.15) is 5.75 Å². The Labute approximate surface area is 114 Å². The van der Waals surface area contributed by atoms with Gasteiger partial charge in [-0.1, -0.05) is 44.0 Å². The molecule has 0 fully saturated rings. The molecule has 3 nitrogen and oxygen atoms in total. The maximum atomic E-state index is 9.14. The molecule has 0 aliphatic rings. The molecule has 0 amide bonds. The summed E-state index contributed by atoms with van der Waals surface area (Å²) in [6.07, 6.45) is 3.45. The molecule has 2 aromatic carbocycles. The fourth-order valence-corrected chi connectivity index (χ4v) is 2.03. The lowest BCUT2D eigenvalue weighted by Crippen LogP contribution is -2.29. The van der Waals surface area contributed by atoms with Crippen molar-refractivity contribution in [2.75, 3.05) is 6.61 Å². The van der Waals surface area contributed by atoms with Crippen LogP contribution in [0.25, 0.3) is 10.8 Å². The molecule has 0 aliphatic carbocycles. The molecular weight excluding hydrogens is 239 g/mol. The summed E-state index contributed by atoms with van der Waals surface area (Å²) in [6, 6.07) is 11.2. The Morgan fingerprint density at radius 1 is 1.00 bits per heavy atom. The van der Waals surface area contributed by atoms with Gasteiger partial charge < -0.3 is 14.8 Å². The average molecular weight is 258 g/mol. The minimum atomic E-state index is -1.42. The first kappa shape index (κ1) is 13.9. The smallest absolute Gasteiger partial charge is 0.488 e. The summed E-state index contributed by atoms with van der Waals surface area (Å²) in [6.45, 7) is 2.91. The molecule has 0 spiro atoms. The van der Waals surface area contributed by atoms with Gasteiger partial charge in [0, 0.05) is 0 Å². The number of fused-ring (bicyclic) bond motifs is 1. The second-order valence-corrected chi connectivity index (χ2v) is 4.70. The molecule has 4 heteroatoms. The molecule has 0 atom stereocenters. The van der Waals surface area contributed by atoms with Crippen LogP contribution in [0.5, 0.6) is 5.75 Å². The Bertz CT molecular complexity index is 540. The fraction of sp³-hybridized carbons (Fsp3) is 0.333. The second kappa shape index (κ2) is 6.59. The van der Waals surface area contributed by atoms with E-state index in [-0.39, 0.29) is 0 Å². The molecular formula is C15H19BO3. The van der Waals surface area contributed by atoms with E-state index in [1.54, 1.807) is 12.1 Å².